The predicted octanol–water partition coefficient (Wildman–Crippen LogP) is 2.40. The first kappa shape index (κ1) is 13.7. The van der Waals surface area contributed by atoms with Crippen LogP contribution in [0, 0.1) is 0 Å². The van der Waals surface area contributed by atoms with E-state index < -0.39 is 12.6 Å². The molecular formula is C13H16F3N3. The number of benzene rings is 1. The third kappa shape index (κ3) is 4.46. The third-order valence-electron chi connectivity index (χ3n) is 2.89. The van der Waals surface area contributed by atoms with Gasteiger partial charge in [-0.15, -0.1) is 0 Å². The molecular weight excluding hydrogens is 255 g/mol. The molecule has 1 aliphatic rings. The quantitative estimate of drug-likeness (QED) is 0.910. The molecule has 2 rings (SSSR count). The summed E-state index contributed by atoms with van der Waals surface area (Å²) in [6.07, 6.45) is -4.92. The van der Waals surface area contributed by atoms with Crippen molar-refractivity contribution in [3.8, 4) is 0 Å². The van der Waals surface area contributed by atoms with Gasteiger partial charge >= 0.3 is 6.18 Å². The van der Waals surface area contributed by atoms with Crippen molar-refractivity contribution >= 4 is 5.96 Å². The number of nitrogens with one attached hydrogen (secondary N) is 1. The summed E-state index contributed by atoms with van der Waals surface area (Å²) in [5, 5.41) is 3.09. The van der Waals surface area contributed by atoms with Gasteiger partial charge in [0, 0.05) is 19.6 Å². The molecule has 0 bridgehead atoms. The van der Waals surface area contributed by atoms with Crippen molar-refractivity contribution in [2.75, 3.05) is 19.6 Å². The second-order valence-corrected chi connectivity index (χ2v) is 4.40. The fourth-order valence-electron chi connectivity index (χ4n) is 1.91. The lowest BCUT2D eigenvalue weighted by atomic mass is 10.2. The van der Waals surface area contributed by atoms with Crippen molar-refractivity contribution in [2.24, 2.45) is 4.99 Å². The highest BCUT2D eigenvalue weighted by Crippen LogP contribution is 2.20. The van der Waals surface area contributed by atoms with E-state index in [0.717, 1.165) is 5.56 Å². The van der Waals surface area contributed by atoms with Crippen molar-refractivity contribution in [3.63, 3.8) is 0 Å². The molecule has 0 spiro atoms. The van der Waals surface area contributed by atoms with E-state index in [0.29, 0.717) is 25.6 Å². The summed E-state index contributed by atoms with van der Waals surface area (Å²) in [5.74, 6) is 0.563. The standard InChI is InChI=1S/C13H16F3N3/c14-13(15,16)6-8-19-9-7-17-12(19)18-10-11-4-2-1-3-5-11/h1-5H,6-10H2,(H,17,18). The van der Waals surface area contributed by atoms with Crippen molar-refractivity contribution < 1.29 is 13.2 Å². The van der Waals surface area contributed by atoms with Gasteiger partial charge in [0.05, 0.1) is 13.0 Å². The molecule has 19 heavy (non-hydrogen) atoms. The molecule has 0 saturated heterocycles. The molecule has 104 valence electrons. The molecule has 3 nitrogen and oxygen atoms in total. The maximum atomic E-state index is 12.2. The van der Waals surface area contributed by atoms with Crippen LogP contribution in [0.25, 0.3) is 0 Å². The van der Waals surface area contributed by atoms with Crippen molar-refractivity contribution in [1.29, 1.82) is 0 Å². The van der Waals surface area contributed by atoms with Gasteiger partial charge in [-0.05, 0) is 5.56 Å². The van der Waals surface area contributed by atoms with Crippen LogP contribution in [0.1, 0.15) is 12.0 Å². The Morgan fingerprint density at radius 2 is 1.95 bits per heavy atom. The number of alkyl halides is 3. The Bertz CT molecular complexity index is 429. The van der Waals surface area contributed by atoms with E-state index in [-0.39, 0.29) is 6.54 Å². The Balaban J connectivity index is 1.82. The molecule has 0 atom stereocenters. The summed E-state index contributed by atoms with van der Waals surface area (Å²) >= 11 is 0. The van der Waals surface area contributed by atoms with Crippen molar-refractivity contribution in [2.45, 2.75) is 19.1 Å². The lowest BCUT2D eigenvalue weighted by molar-refractivity contribution is -0.136. The Hall–Kier alpha value is -1.72. The van der Waals surface area contributed by atoms with Crippen LogP contribution in [0.15, 0.2) is 35.3 Å². The van der Waals surface area contributed by atoms with Crippen LogP contribution in [0.5, 0.6) is 0 Å². The van der Waals surface area contributed by atoms with E-state index in [1.165, 1.54) is 0 Å². The minimum absolute atomic E-state index is 0.0376. The SMILES string of the molecule is FC(F)(F)CCN1CCN=C1NCc1ccccc1. The first-order valence-corrected chi connectivity index (χ1v) is 6.18. The topological polar surface area (TPSA) is 27.6 Å². The van der Waals surface area contributed by atoms with Crippen LogP contribution < -0.4 is 5.32 Å². The molecule has 0 amide bonds. The first-order chi connectivity index (χ1) is 9.04. The summed E-state index contributed by atoms with van der Waals surface area (Å²) in [5.41, 5.74) is 1.08. The molecule has 1 aromatic carbocycles. The average molecular weight is 271 g/mol. The first-order valence-electron chi connectivity index (χ1n) is 6.18. The lowest BCUT2D eigenvalue weighted by Gasteiger charge is -2.21. The fourth-order valence-corrected chi connectivity index (χ4v) is 1.91. The monoisotopic (exact) mass is 271 g/mol. The van der Waals surface area contributed by atoms with Crippen molar-refractivity contribution in [3.05, 3.63) is 35.9 Å². The van der Waals surface area contributed by atoms with E-state index in [1.807, 2.05) is 30.3 Å². The zero-order valence-electron chi connectivity index (χ0n) is 10.5. The van der Waals surface area contributed by atoms with Gasteiger partial charge in [0.1, 0.15) is 0 Å². The highest BCUT2D eigenvalue weighted by atomic mass is 19.4. The summed E-state index contributed by atoms with van der Waals surface area (Å²) < 4.78 is 36.6. The molecule has 1 N–H and O–H groups in total. The molecule has 0 saturated carbocycles. The zero-order valence-corrected chi connectivity index (χ0v) is 10.5. The van der Waals surface area contributed by atoms with Crippen LogP contribution >= 0.6 is 0 Å². The van der Waals surface area contributed by atoms with Crippen LogP contribution in [-0.2, 0) is 6.54 Å². The Labute approximate surface area is 110 Å². The number of aliphatic imine (C=N–C) groups is 1. The normalized spacial score (nSPS) is 15.5. The minimum atomic E-state index is -4.12. The largest absolute Gasteiger partial charge is 0.390 e. The second-order valence-electron chi connectivity index (χ2n) is 4.40. The van der Waals surface area contributed by atoms with Gasteiger partial charge < -0.3 is 10.2 Å². The maximum absolute atomic E-state index is 12.2. The lowest BCUT2D eigenvalue weighted by Crippen LogP contribution is -2.39. The second kappa shape index (κ2) is 5.95. The highest BCUT2D eigenvalue weighted by Gasteiger charge is 2.29. The van der Waals surface area contributed by atoms with E-state index in [1.54, 1.807) is 4.90 Å². The van der Waals surface area contributed by atoms with E-state index >= 15 is 0 Å². The number of guanidine groups is 1. The van der Waals surface area contributed by atoms with Crippen LogP contribution in [0.2, 0.25) is 0 Å². The summed E-state index contributed by atoms with van der Waals surface area (Å²) in [6.45, 7) is 1.63. The maximum Gasteiger partial charge on any atom is 0.390 e. The van der Waals surface area contributed by atoms with Gasteiger partial charge in [-0.1, -0.05) is 30.3 Å². The number of hydrogen-bond acceptors (Lipinski definition) is 3. The molecule has 0 radical (unpaired) electrons. The van der Waals surface area contributed by atoms with Gasteiger partial charge in [0.15, 0.2) is 5.96 Å². The summed E-state index contributed by atoms with van der Waals surface area (Å²) in [4.78, 5) is 5.85. The molecule has 6 heteroatoms. The average Bonchev–Trinajstić information content (AvgIpc) is 2.82. The van der Waals surface area contributed by atoms with Gasteiger partial charge in [-0.25, -0.2) is 0 Å². The minimum Gasteiger partial charge on any atom is -0.352 e. The van der Waals surface area contributed by atoms with Gasteiger partial charge in [0.25, 0.3) is 0 Å². The third-order valence-corrected chi connectivity index (χ3v) is 2.89. The zero-order chi connectivity index (χ0) is 13.7. The molecule has 0 fully saturated rings. The molecule has 0 aromatic heterocycles. The van der Waals surface area contributed by atoms with E-state index in [9.17, 15) is 13.2 Å². The van der Waals surface area contributed by atoms with Crippen LogP contribution in [-0.4, -0.2) is 36.7 Å². The predicted molar refractivity (Wildman–Crippen MR) is 67.8 cm³/mol. The van der Waals surface area contributed by atoms with Gasteiger partial charge in [-0.2, -0.15) is 13.2 Å². The van der Waals surface area contributed by atoms with E-state index in [4.69, 9.17) is 0 Å². The molecule has 1 aliphatic heterocycles. The van der Waals surface area contributed by atoms with Gasteiger partial charge in [-0.3, -0.25) is 4.99 Å². The Morgan fingerprint density at radius 1 is 1.21 bits per heavy atom. The number of nitrogens with zero attached hydrogens (tertiary/aromatic N) is 2. The molecule has 1 heterocycles. The summed E-state index contributed by atoms with van der Waals surface area (Å²) in [7, 11) is 0. The summed E-state index contributed by atoms with van der Waals surface area (Å²) in [6, 6.07) is 9.70. The van der Waals surface area contributed by atoms with E-state index in [2.05, 4.69) is 10.3 Å². The smallest absolute Gasteiger partial charge is 0.352 e. The Kier molecular flexibility index (Phi) is 4.29. The fraction of sp³-hybridized carbons (Fsp3) is 0.462. The highest BCUT2D eigenvalue weighted by molar-refractivity contribution is 5.81. The van der Waals surface area contributed by atoms with Crippen LogP contribution in [0.3, 0.4) is 0 Å². The molecule has 0 aliphatic carbocycles. The number of halogens is 3. The number of hydrogen-bond donors (Lipinski definition) is 1. The van der Waals surface area contributed by atoms with Crippen molar-refractivity contribution in [1.82, 2.24) is 10.2 Å². The number of rotatable bonds is 4. The van der Waals surface area contributed by atoms with Gasteiger partial charge in [0.2, 0.25) is 0 Å². The molecule has 0 unspecified atom stereocenters. The van der Waals surface area contributed by atoms with Crippen LogP contribution in [0.4, 0.5) is 13.2 Å². The Morgan fingerprint density at radius 3 is 2.63 bits per heavy atom. The molecule has 1 aromatic rings.